The van der Waals surface area contributed by atoms with Crippen molar-refractivity contribution < 1.29 is 19.1 Å². The average Bonchev–Trinajstić information content (AvgIpc) is 3.05. The number of benzene rings is 1. The highest BCUT2D eigenvalue weighted by molar-refractivity contribution is 7.98. The summed E-state index contributed by atoms with van der Waals surface area (Å²) >= 11 is 1.62. The zero-order valence-electron chi connectivity index (χ0n) is 16.1. The van der Waals surface area contributed by atoms with Crippen LogP contribution in [0.5, 0.6) is 0 Å². The van der Waals surface area contributed by atoms with Crippen LogP contribution >= 0.6 is 11.8 Å². The fourth-order valence-electron chi connectivity index (χ4n) is 2.92. The van der Waals surface area contributed by atoms with E-state index in [0.29, 0.717) is 13.1 Å². The van der Waals surface area contributed by atoms with Crippen molar-refractivity contribution in [2.45, 2.75) is 25.2 Å². The fraction of sp³-hybridized carbons (Fsp3) is 0.450. The number of nitrogens with zero attached hydrogens (tertiary/aromatic N) is 2. The van der Waals surface area contributed by atoms with Gasteiger partial charge in [-0.2, -0.15) is 0 Å². The molecule has 0 N–H and O–H groups in total. The van der Waals surface area contributed by atoms with Gasteiger partial charge in [0, 0.05) is 36.6 Å². The van der Waals surface area contributed by atoms with Gasteiger partial charge >= 0.3 is 5.97 Å². The van der Waals surface area contributed by atoms with Crippen LogP contribution in [0, 0.1) is 5.92 Å². The summed E-state index contributed by atoms with van der Waals surface area (Å²) in [5, 5.41) is 0. The van der Waals surface area contributed by atoms with Gasteiger partial charge in [0.2, 0.25) is 5.91 Å². The van der Waals surface area contributed by atoms with Crippen molar-refractivity contribution in [2.24, 2.45) is 5.92 Å². The van der Waals surface area contributed by atoms with Crippen molar-refractivity contribution in [1.29, 1.82) is 0 Å². The smallest absolute Gasteiger partial charge is 0.311 e. The van der Waals surface area contributed by atoms with E-state index >= 15 is 0 Å². The summed E-state index contributed by atoms with van der Waals surface area (Å²) in [5.74, 6) is -1.44. The monoisotopic (exact) mass is 390 g/mol. The molecule has 27 heavy (non-hydrogen) atoms. The Labute approximate surface area is 164 Å². The van der Waals surface area contributed by atoms with E-state index < -0.39 is 11.9 Å². The minimum Gasteiger partial charge on any atom is -0.455 e. The van der Waals surface area contributed by atoms with Crippen molar-refractivity contribution >= 4 is 35.2 Å². The number of hydrogen-bond donors (Lipinski definition) is 0. The number of anilines is 1. The number of ether oxygens (including phenoxy) is 1. The highest BCUT2D eigenvalue weighted by atomic mass is 32.2. The molecule has 1 aliphatic rings. The standard InChI is InChI=1S/C20H26N2O4S/c1-5-21(11-14(2)3)19(24)13-26-20(25)15-10-18(23)22(12-15)16-6-8-17(27-4)9-7-16/h6-9,15H,2,5,10-13H2,1,3-4H3. The Bertz CT molecular complexity index is 717. The first-order valence-electron chi connectivity index (χ1n) is 8.88. The zero-order chi connectivity index (χ0) is 20.0. The third kappa shape index (κ3) is 5.60. The van der Waals surface area contributed by atoms with Gasteiger partial charge in [0.25, 0.3) is 5.91 Å². The van der Waals surface area contributed by atoms with Crippen LogP contribution in [0.1, 0.15) is 20.3 Å². The second kappa shape index (κ2) is 9.60. The van der Waals surface area contributed by atoms with Crippen LogP contribution in [0.4, 0.5) is 5.69 Å². The van der Waals surface area contributed by atoms with E-state index in [9.17, 15) is 14.4 Å². The Balaban J connectivity index is 1.91. The Morgan fingerprint density at radius 3 is 2.56 bits per heavy atom. The van der Waals surface area contributed by atoms with Crippen molar-refractivity contribution in [3.8, 4) is 0 Å². The Hall–Kier alpha value is -2.28. The van der Waals surface area contributed by atoms with Crippen molar-refractivity contribution in [2.75, 3.05) is 37.4 Å². The first-order valence-corrected chi connectivity index (χ1v) is 10.1. The predicted octanol–water partition coefficient (Wildman–Crippen LogP) is 2.73. The lowest BCUT2D eigenvalue weighted by molar-refractivity contribution is -0.155. The minimum absolute atomic E-state index is 0.0978. The van der Waals surface area contributed by atoms with Gasteiger partial charge in [-0.15, -0.1) is 11.8 Å². The van der Waals surface area contributed by atoms with Gasteiger partial charge in [-0.1, -0.05) is 12.2 Å². The van der Waals surface area contributed by atoms with E-state index in [4.69, 9.17) is 4.74 Å². The van der Waals surface area contributed by atoms with Crippen molar-refractivity contribution in [3.63, 3.8) is 0 Å². The summed E-state index contributed by atoms with van der Waals surface area (Å²) in [7, 11) is 0. The first kappa shape index (κ1) is 21.0. The molecule has 2 rings (SSSR count). The van der Waals surface area contributed by atoms with Gasteiger partial charge in [0.1, 0.15) is 0 Å². The van der Waals surface area contributed by atoms with Crippen molar-refractivity contribution in [1.82, 2.24) is 4.90 Å². The topological polar surface area (TPSA) is 66.9 Å². The van der Waals surface area contributed by atoms with Gasteiger partial charge in [-0.3, -0.25) is 14.4 Å². The molecular formula is C20H26N2O4S. The number of rotatable bonds is 8. The number of carbonyl (C=O) groups excluding carboxylic acids is 3. The number of hydrogen-bond acceptors (Lipinski definition) is 5. The lowest BCUT2D eigenvalue weighted by Crippen LogP contribution is -2.36. The van der Waals surface area contributed by atoms with Gasteiger partial charge < -0.3 is 14.5 Å². The molecular weight excluding hydrogens is 364 g/mol. The van der Waals surface area contributed by atoms with E-state index in [0.717, 1.165) is 16.2 Å². The lowest BCUT2D eigenvalue weighted by Gasteiger charge is -2.21. The summed E-state index contributed by atoms with van der Waals surface area (Å²) in [5.41, 5.74) is 1.63. The first-order chi connectivity index (χ1) is 12.8. The van der Waals surface area contributed by atoms with Gasteiger partial charge in [-0.25, -0.2) is 0 Å². The lowest BCUT2D eigenvalue weighted by atomic mass is 10.1. The Kier molecular flexibility index (Phi) is 7.47. The fourth-order valence-corrected chi connectivity index (χ4v) is 3.33. The van der Waals surface area contributed by atoms with Crippen LogP contribution in [-0.4, -0.2) is 55.2 Å². The molecule has 1 saturated heterocycles. The Morgan fingerprint density at radius 1 is 1.33 bits per heavy atom. The maximum Gasteiger partial charge on any atom is 0.311 e. The third-order valence-electron chi connectivity index (χ3n) is 4.38. The molecule has 2 amide bonds. The molecule has 0 bridgehead atoms. The second-order valence-electron chi connectivity index (χ2n) is 6.58. The van der Waals surface area contributed by atoms with E-state index in [-0.39, 0.29) is 31.4 Å². The molecule has 146 valence electrons. The molecule has 0 aromatic heterocycles. The number of likely N-dealkylation sites (N-methyl/N-ethyl adjacent to an activating group) is 1. The highest BCUT2D eigenvalue weighted by Crippen LogP contribution is 2.27. The Morgan fingerprint density at radius 2 is 2.00 bits per heavy atom. The molecule has 6 nitrogen and oxygen atoms in total. The van der Waals surface area contributed by atoms with Crippen LogP contribution in [0.2, 0.25) is 0 Å². The summed E-state index contributed by atoms with van der Waals surface area (Å²) < 4.78 is 5.18. The highest BCUT2D eigenvalue weighted by Gasteiger charge is 2.36. The predicted molar refractivity (Wildman–Crippen MR) is 107 cm³/mol. The number of esters is 1. The van der Waals surface area contributed by atoms with Gasteiger partial charge in [0.15, 0.2) is 6.61 Å². The van der Waals surface area contributed by atoms with E-state index in [1.807, 2.05) is 44.4 Å². The summed E-state index contributed by atoms with van der Waals surface area (Å²) in [6.07, 6.45) is 2.08. The van der Waals surface area contributed by atoms with E-state index in [1.165, 1.54) is 0 Å². The third-order valence-corrected chi connectivity index (χ3v) is 5.12. The van der Waals surface area contributed by atoms with Crippen LogP contribution < -0.4 is 4.90 Å². The van der Waals surface area contributed by atoms with Crippen LogP contribution in [0.15, 0.2) is 41.3 Å². The maximum atomic E-state index is 12.3. The molecule has 1 atom stereocenters. The molecule has 1 fully saturated rings. The largest absolute Gasteiger partial charge is 0.455 e. The number of carbonyl (C=O) groups is 3. The van der Waals surface area contributed by atoms with Crippen LogP contribution in [0.3, 0.4) is 0 Å². The van der Waals surface area contributed by atoms with E-state index in [1.54, 1.807) is 21.6 Å². The second-order valence-corrected chi connectivity index (χ2v) is 7.46. The molecule has 0 saturated carbocycles. The molecule has 0 aliphatic carbocycles. The quantitative estimate of drug-likeness (QED) is 0.388. The minimum atomic E-state index is -0.554. The van der Waals surface area contributed by atoms with Crippen molar-refractivity contribution in [3.05, 3.63) is 36.4 Å². The molecule has 0 radical (unpaired) electrons. The normalized spacial score (nSPS) is 16.3. The average molecular weight is 391 g/mol. The van der Waals surface area contributed by atoms with Gasteiger partial charge in [0.05, 0.1) is 5.92 Å². The van der Waals surface area contributed by atoms with Gasteiger partial charge in [-0.05, 0) is 44.4 Å². The van der Waals surface area contributed by atoms with E-state index in [2.05, 4.69) is 6.58 Å². The van der Waals surface area contributed by atoms with Crippen LogP contribution in [-0.2, 0) is 19.1 Å². The molecule has 7 heteroatoms. The summed E-state index contributed by atoms with van der Waals surface area (Å²) in [6, 6.07) is 7.63. The molecule has 1 unspecified atom stereocenters. The summed E-state index contributed by atoms with van der Waals surface area (Å²) in [4.78, 5) is 41.0. The SMILES string of the molecule is C=C(C)CN(CC)C(=O)COC(=O)C1CC(=O)N(c2ccc(SC)cc2)C1. The summed E-state index contributed by atoms with van der Waals surface area (Å²) in [6.45, 7) is 8.41. The molecule has 1 heterocycles. The zero-order valence-corrected chi connectivity index (χ0v) is 16.9. The number of amides is 2. The molecule has 0 spiro atoms. The number of thioether (sulfide) groups is 1. The maximum absolute atomic E-state index is 12.3. The molecule has 1 aromatic rings. The van der Waals surface area contributed by atoms with Crippen LogP contribution in [0.25, 0.3) is 0 Å². The molecule has 1 aliphatic heterocycles. The molecule has 1 aromatic carbocycles.